The van der Waals surface area contributed by atoms with E-state index in [4.69, 9.17) is 4.52 Å². The van der Waals surface area contributed by atoms with E-state index in [1.807, 2.05) is 25.2 Å². The van der Waals surface area contributed by atoms with E-state index in [2.05, 4.69) is 52.9 Å². The van der Waals surface area contributed by atoms with Gasteiger partial charge >= 0.3 is 0 Å². The molecule has 2 aliphatic rings. The van der Waals surface area contributed by atoms with Crippen molar-refractivity contribution in [1.82, 2.24) is 24.9 Å². The number of rotatable bonds is 6. The molecule has 1 aromatic carbocycles. The van der Waals surface area contributed by atoms with Gasteiger partial charge in [0.25, 0.3) is 0 Å². The summed E-state index contributed by atoms with van der Waals surface area (Å²) in [6.07, 6.45) is 3.60. The lowest BCUT2D eigenvalue weighted by Crippen LogP contribution is -2.63. The van der Waals surface area contributed by atoms with Gasteiger partial charge in [-0.15, -0.1) is 0 Å². The molecule has 5 rings (SSSR count). The Kier molecular flexibility index (Phi) is 6.24. The maximum Gasteiger partial charge on any atom is 0.231 e. The molecule has 194 valence electrons. The highest BCUT2D eigenvalue weighted by atomic mass is 16.5. The number of aliphatic hydroxyl groups is 1. The molecule has 0 saturated carbocycles. The van der Waals surface area contributed by atoms with Gasteiger partial charge in [-0.3, -0.25) is 19.5 Å². The van der Waals surface area contributed by atoms with Crippen molar-refractivity contribution >= 4 is 11.8 Å². The van der Waals surface area contributed by atoms with Crippen molar-refractivity contribution in [1.29, 1.82) is 0 Å². The summed E-state index contributed by atoms with van der Waals surface area (Å²) in [5.41, 5.74) is 1.53. The molecular weight excluding hydrogens is 470 g/mol. The average molecular weight is 504 g/mol. The minimum Gasteiger partial charge on any atom is -0.380 e. The van der Waals surface area contributed by atoms with Crippen LogP contribution in [0.2, 0.25) is 0 Å². The van der Waals surface area contributed by atoms with Gasteiger partial charge in [-0.05, 0) is 30.2 Å². The topological polar surface area (TPSA) is 113 Å². The second-order valence-electron chi connectivity index (χ2n) is 11.1. The molecule has 2 aromatic heterocycles. The molecule has 1 N–H and O–H groups in total. The Bertz CT molecular complexity index is 1310. The van der Waals surface area contributed by atoms with E-state index >= 15 is 0 Å². The number of carbonyl (C=O) groups is 2. The lowest BCUT2D eigenvalue weighted by atomic mass is 9.62. The molecule has 2 saturated heterocycles. The van der Waals surface area contributed by atoms with Gasteiger partial charge < -0.3 is 14.5 Å². The maximum absolute atomic E-state index is 12.4. The van der Waals surface area contributed by atoms with Crippen LogP contribution < -0.4 is 0 Å². The van der Waals surface area contributed by atoms with E-state index in [0.29, 0.717) is 22.9 Å². The Morgan fingerprint density at radius 3 is 2.30 bits per heavy atom. The number of nitrogens with zero attached hydrogens (tertiary/aromatic N) is 5. The summed E-state index contributed by atoms with van der Waals surface area (Å²) in [4.78, 5) is 36.5. The smallest absolute Gasteiger partial charge is 0.231 e. The van der Waals surface area contributed by atoms with Gasteiger partial charge in [-0.1, -0.05) is 50.2 Å². The van der Waals surface area contributed by atoms with Crippen LogP contribution >= 0.6 is 0 Å². The Morgan fingerprint density at radius 1 is 1.05 bits per heavy atom. The lowest BCUT2D eigenvalue weighted by Gasteiger charge is -2.55. The van der Waals surface area contributed by atoms with Crippen molar-refractivity contribution in [2.75, 3.05) is 27.2 Å². The van der Waals surface area contributed by atoms with Crippen LogP contribution in [0, 0.1) is 5.41 Å². The molecular formula is C28H33N5O4. The Hall–Kier alpha value is -3.43. The Labute approximate surface area is 216 Å². The van der Waals surface area contributed by atoms with Crippen molar-refractivity contribution in [3.05, 3.63) is 65.3 Å². The molecule has 9 nitrogen and oxygen atoms in total. The molecule has 2 aliphatic heterocycles. The fourth-order valence-corrected chi connectivity index (χ4v) is 5.71. The van der Waals surface area contributed by atoms with Gasteiger partial charge in [0.15, 0.2) is 0 Å². The fourth-order valence-electron chi connectivity index (χ4n) is 5.71. The highest BCUT2D eigenvalue weighted by molar-refractivity contribution is 5.98. The van der Waals surface area contributed by atoms with Crippen molar-refractivity contribution < 1.29 is 19.2 Å². The van der Waals surface area contributed by atoms with E-state index < -0.39 is 16.9 Å². The number of hydrogen-bond donors (Lipinski definition) is 1. The number of carbonyl (C=O) groups excluding carboxylic acids is 2. The van der Waals surface area contributed by atoms with Gasteiger partial charge in [0, 0.05) is 61.9 Å². The standard InChI is InChI=1S/C28H33N5O4/c1-17(2)18-6-8-21(9-7-18)28(36,27(3)15-32(4)16-27)22-10-20(13-29-14-22)25-30-26(37-31-25)19-11-23(34)33(5)24(35)12-19/h6-10,13-14,17,19,36H,11-12,15-16H2,1-5H3/t28-/m0/s1. The van der Waals surface area contributed by atoms with Gasteiger partial charge in [0.1, 0.15) is 5.60 Å². The van der Waals surface area contributed by atoms with E-state index in [1.54, 1.807) is 12.4 Å². The number of pyridine rings is 1. The zero-order valence-corrected chi connectivity index (χ0v) is 21.9. The van der Waals surface area contributed by atoms with Crippen molar-refractivity contribution in [2.45, 2.75) is 51.0 Å². The molecule has 0 spiro atoms. The second-order valence-corrected chi connectivity index (χ2v) is 11.1. The summed E-state index contributed by atoms with van der Waals surface area (Å²) in [6.45, 7) is 7.84. The molecule has 9 heteroatoms. The first-order valence-corrected chi connectivity index (χ1v) is 12.6. The minimum atomic E-state index is -1.29. The zero-order valence-electron chi connectivity index (χ0n) is 21.9. The molecule has 0 bridgehead atoms. The highest BCUT2D eigenvalue weighted by Gasteiger charge is 2.55. The number of hydrogen-bond acceptors (Lipinski definition) is 8. The summed E-state index contributed by atoms with van der Waals surface area (Å²) >= 11 is 0. The second kappa shape index (κ2) is 9.15. The third-order valence-electron chi connectivity index (χ3n) is 7.90. The average Bonchev–Trinajstić information content (AvgIpc) is 3.36. The van der Waals surface area contributed by atoms with Gasteiger partial charge in [-0.2, -0.15) is 4.98 Å². The number of aromatic nitrogens is 3. The molecule has 2 amide bonds. The normalized spacial score (nSPS) is 20.2. The quantitative estimate of drug-likeness (QED) is 0.510. The highest BCUT2D eigenvalue weighted by Crippen LogP contribution is 2.50. The molecule has 4 heterocycles. The third kappa shape index (κ3) is 4.26. The van der Waals surface area contributed by atoms with Crippen LogP contribution in [0.4, 0.5) is 0 Å². The van der Waals surface area contributed by atoms with Gasteiger partial charge in [-0.25, -0.2) is 0 Å². The first kappa shape index (κ1) is 25.2. The van der Waals surface area contributed by atoms with Gasteiger partial charge in [0.05, 0.1) is 5.92 Å². The number of piperidine rings is 1. The SMILES string of the molecule is CC(C)c1ccc([C@](O)(c2cncc(-c3noc(C4CC(=O)N(C)C(=O)C4)n3)c2)C2(C)CN(C)C2)cc1. The van der Waals surface area contributed by atoms with E-state index in [9.17, 15) is 14.7 Å². The van der Waals surface area contributed by atoms with Crippen LogP contribution in [-0.2, 0) is 15.2 Å². The summed E-state index contributed by atoms with van der Waals surface area (Å²) in [5, 5.41) is 16.5. The molecule has 0 aliphatic carbocycles. The fraction of sp³-hybridized carbons (Fsp3) is 0.464. The Morgan fingerprint density at radius 2 is 1.70 bits per heavy atom. The van der Waals surface area contributed by atoms with Gasteiger partial charge in [0.2, 0.25) is 23.5 Å². The summed E-state index contributed by atoms with van der Waals surface area (Å²) < 4.78 is 5.47. The summed E-state index contributed by atoms with van der Waals surface area (Å²) in [7, 11) is 3.52. The minimum absolute atomic E-state index is 0.139. The van der Waals surface area contributed by atoms with Crippen molar-refractivity contribution in [3.8, 4) is 11.4 Å². The number of imide groups is 1. The summed E-state index contributed by atoms with van der Waals surface area (Å²) in [6, 6.07) is 10.0. The van der Waals surface area contributed by atoms with Crippen LogP contribution in [0.1, 0.15) is 68.0 Å². The number of benzene rings is 1. The Balaban J connectivity index is 1.51. The summed E-state index contributed by atoms with van der Waals surface area (Å²) in [5.74, 6) is -0.0395. The maximum atomic E-state index is 12.4. The predicted molar refractivity (Wildman–Crippen MR) is 136 cm³/mol. The lowest BCUT2D eigenvalue weighted by molar-refractivity contribution is -0.147. The van der Waals surface area contributed by atoms with E-state index in [1.165, 1.54) is 12.6 Å². The molecule has 1 atom stereocenters. The monoisotopic (exact) mass is 503 g/mol. The molecule has 0 unspecified atom stereocenters. The van der Waals surface area contributed by atoms with Crippen LogP contribution in [0.25, 0.3) is 11.4 Å². The van der Waals surface area contributed by atoms with Crippen molar-refractivity contribution in [3.63, 3.8) is 0 Å². The van der Waals surface area contributed by atoms with Crippen LogP contribution in [0.3, 0.4) is 0 Å². The zero-order chi connectivity index (χ0) is 26.5. The van der Waals surface area contributed by atoms with Crippen molar-refractivity contribution in [2.24, 2.45) is 5.41 Å². The molecule has 37 heavy (non-hydrogen) atoms. The molecule has 2 fully saturated rings. The third-order valence-corrected chi connectivity index (χ3v) is 7.90. The van der Waals surface area contributed by atoms with Crippen LogP contribution in [0.15, 0.2) is 47.2 Å². The first-order chi connectivity index (χ1) is 17.5. The number of amides is 2. The first-order valence-electron chi connectivity index (χ1n) is 12.6. The largest absolute Gasteiger partial charge is 0.380 e. The van der Waals surface area contributed by atoms with Crippen LogP contribution in [0.5, 0.6) is 0 Å². The van der Waals surface area contributed by atoms with E-state index in [0.717, 1.165) is 23.6 Å². The van der Waals surface area contributed by atoms with Crippen LogP contribution in [-0.4, -0.2) is 69.0 Å². The predicted octanol–water partition coefficient (Wildman–Crippen LogP) is 3.31. The van der Waals surface area contributed by atoms with E-state index in [-0.39, 0.29) is 30.5 Å². The molecule has 3 aromatic rings. The molecule has 0 radical (unpaired) electrons. The number of likely N-dealkylation sites (tertiary alicyclic amines) is 2.